The Morgan fingerprint density at radius 2 is 2.00 bits per heavy atom. The molecular weight excluding hydrogens is 357 g/mol. The summed E-state index contributed by atoms with van der Waals surface area (Å²) < 4.78 is 15.6. The van der Waals surface area contributed by atoms with Crippen molar-refractivity contribution in [1.29, 1.82) is 0 Å². The van der Waals surface area contributed by atoms with Gasteiger partial charge >= 0.3 is 0 Å². The fourth-order valence-corrected chi connectivity index (χ4v) is 4.99. The number of benzene rings is 1. The summed E-state index contributed by atoms with van der Waals surface area (Å²) in [5.74, 6) is 0.482. The summed E-state index contributed by atoms with van der Waals surface area (Å²) in [5.41, 5.74) is 2.94. The van der Waals surface area contributed by atoms with E-state index in [0.29, 0.717) is 35.1 Å². The number of pyridine rings is 1. The highest BCUT2D eigenvalue weighted by molar-refractivity contribution is 6.04. The van der Waals surface area contributed by atoms with E-state index >= 15 is 0 Å². The van der Waals surface area contributed by atoms with Crippen LogP contribution in [0.2, 0.25) is 0 Å². The summed E-state index contributed by atoms with van der Waals surface area (Å²) in [7, 11) is 3.95. The van der Waals surface area contributed by atoms with E-state index in [2.05, 4.69) is 21.9 Å². The van der Waals surface area contributed by atoms with Crippen molar-refractivity contribution in [2.45, 2.75) is 6.04 Å². The van der Waals surface area contributed by atoms with Crippen LogP contribution in [0.4, 0.5) is 4.39 Å². The van der Waals surface area contributed by atoms with Gasteiger partial charge in [0.1, 0.15) is 11.3 Å². The standard InChI is InChI=1S/C21H22FN5O/c1-25-9-14-10-27(11-17(14)19(25)13-4-3-5-15(22)8-13)21(28)16-6-7-23-20-18(16)24-12-26(20)2/h3-8,12,14,17,19H,9-11H2,1-2H3/t14-,17+,19-/m0/s1. The van der Waals surface area contributed by atoms with Crippen molar-refractivity contribution in [2.75, 3.05) is 26.7 Å². The van der Waals surface area contributed by atoms with Crippen LogP contribution in [0.15, 0.2) is 42.9 Å². The normalized spacial score (nSPS) is 24.8. The molecule has 2 aromatic heterocycles. The molecule has 5 rings (SSSR count). The van der Waals surface area contributed by atoms with E-state index in [0.717, 1.165) is 18.7 Å². The van der Waals surface area contributed by atoms with Gasteiger partial charge in [0.05, 0.1) is 11.9 Å². The first kappa shape index (κ1) is 17.3. The van der Waals surface area contributed by atoms with Crippen LogP contribution in [0.5, 0.6) is 0 Å². The van der Waals surface area contributed by atoms with Gasteiger partial charge in [0.15, 0.2) is 5.65 Å². The molecule has 0 radical (unpaired) electrons. The highest BCUT2D eigenvalue weighted by atomic mass is 19.1. The minimum absolute atomic E-state index is 0.00106. The number of aryl methyl sites for hydroxylation is 1. The molecule has 28 heavy (non-hydrogen) atoms. The Balaban J connectivity index is 1.43. The number of hydrogen-bond donors (Lipinski definition) is 0. The molecule has 0 aliphatic carbocycles. The molecule has 0 bridgehead atoms. The van der Waals surface area contributed by atoms with E-state index in [9.17, 15) is 9.18 Å². The van der Waals surface area contributed by atoms with Crippen molar-refractivity contribution in [3.8, 4) is 0 Å². The topological polar surface area (TPSA) is 54.3 Å². The van der Waals surface area contributed by atoms with E-state index in [-0.39, 0.29) is 17.8 Å². The lowest BCUT2D eigenvalue weighted by atomic mass is 9.89. The fourth-order valence-electron chi connectivity index (χ4n) is 4.99. The third-order valence-electron chi connectivity index (χ3n) is 6.20. The molecule has 1 amide bonds. The lowest BCUT2D eigenvalue weighted by Gasteiger charge is -2.27. The van der Waals surface area contributed by atoms with Crippen LogP contribution in [0.1, 0.15) is 22.0 Å². The number of fused-ring (bicyclic) bond motifs is 2. The van der Waals surface area contributed by atoms with Crippen LogP contribution >= 0.6 is 0 Å². The van der Waals surface area contributed by atoms with Gasteiger partial charge < -0.3 is 9.47 Å². The maximum Gasteiger partial charge on any atom is 0.256 e. The Bertz CT molecular complexity index is 1060. The van der Waals surface area contributed by atoms with E-state index < -0.39 is 0 Å². The fraction of sp³-hybridized carbons (Fsp3) is 0.381. The quantitative estimate of drug-likeness (QED) is 0.687. The van der Waals surface area contributed by atoms with Gasteiger partial charge in [-0.1, -0.05) is 12.1 Å². The second-order valence-electron chi connectivity index (χ2n) is 7.96. The number of halogens is 1. The Labute approximate surface area is 162 Å². The average molecular weight is 379 g/mol. The zero-order valence-corrected chi connectivity index (χ0v) is 15.9. The number of aromatic nitrogens is 3. The first-order valence-electron chi connectivity index (χ1n) is 9.54. The predicted molar refractivity (Wildman–Crippen MR) is 103 cm³/mol. The molecular formula is C21H22FN5O. The Morgan fingerprint density at radius 1 is 1.14 bits per heavy atom. The third kappa shape index (κ3) is 2.61. The highest BCUT2D eigenvalue weighted by Crippen LogP contribution is 2.44. The summed E-state index contributed by atoms with van der Waals surface area (Å²) in [5, 5.41) is 0. The zero-order chi connectivity index (χ0) is 19.4. The highest BCUT2D eigenvalue weighted by Gasteiger charge is 2.47. The number of nitrogens with zero attached hydrogens (tertiary/aromatic N) is 5. The number of amides is 1. The summed E-state index contributed by atoms with van der Waals surface area (Å²) >= 11 is 0. The Kier molecular flexibility index (Phi) is 3.94. The van der Waals surface area contributed by atoms with E-state index in [4.69, 9.17) is 0 Å². The largest absolute Gasteiger partial charge is 0.338 e. The molecule has 1 aromatic carbocycles. The van der Waals surface area contributed by atoms with Crippen molar-refractivity contribution < 1.29 is 9.18 Å². The molecule has 2 fully saturated rings. The second-order valence-corrected chi connectivity index (χ2v) is 7.96. The van der Waals surface area contributed by atoms with Crippen LogP contribution in [-0.4, -0.2) is 56.9 Å². The number of rotatable bonds is 2. The minimum atomic E-state index is -0.213. The molecule has 7 heteroatoms. The molecule has 4 heterocycles. The van der Waals surface area contributed by atoms with Crippen molar-refractivity contribution in [3.63, 3.8) is 0 Å². The molecule has 2 aliphatic rings. The van der Waals surface area contributed by atoms with Gasteiger partial charge in [-0.3, -0.25) is 9.69 Å². The van der Waals surface area contributed by atoms with Gasteiger partial charge in [-0.15, -0.1) is 0 Å². The van der Waals surface area contributed by atoms with Crippen LogP contribution < -0.4 is 0 Å². The van der Waals surface area contributed by atoms with Gasteiger partial charge in [-0.25, -0.2) is 14.4 Å². The maximum absolute atomic E-state index is 13.8. The summed E-state index contributed by atoms with van der Waals surface area (Å²) in [6.45, 7) is 2.30. The Hall–Kier alpha value is -2.80. The smallest absolute Gasteiger partial charge is 0.256 e. The lowest BCUT2D eigenvalue weighted by Crippen LogP contribution is -2.33. The van der Waals surface area contributed by atoms with Crippen molar-refractivity contribution >= 4 is 17.1 Å². The van der Waals surface area contributed by atoms with Crippen LogP contribution in [0.3, 0.4) is 0 Å². The van der Waals surface area contributed by atoms with Crippen molar-refractivity contribution in [1.82, 2.24) is 24.3 Å². The van der Waals surface area contributed by atoms with E-state index in [1.54, 1.807) is 30.7 Å². The van der Waals surface area contributed by atoms with Crippen LogP contribution in [0.25, 0.3) is 11.2 Å². The Morgan fingerprint density at radius 3 is 2.82 bits per heavy atom. The molecule has 0 saturated carbocycles. The lowest BCUT2D eigenvalue weighted by molar-refractivity contribution is 0.0769. The predicted octanol–water partition coefficient (Wildman–Crippen LogP) is 2.48. The average Bonchev–Trinajstić information content (AvgIpc) is 3.33. The first-order chi connectivity index (χ1) is 13.5. The molecule has 3 atom stereocenters. The van der Waals surface area contributed by atoms with Gasteiger partial charge in [0.2, 0.25) is 0 Å². The summed E-state index contributed by atoms with van der Waals surface area (Å²) in [6, 6.07) is 8.72. The monoisotopic (exact) mass is 379 g/mol. The second kappa shape index (κ2) is 6.38. The number of likely N-dealkylation sites (tertiary alicyclic amines) is 2. The minimum Gasteiger partial charge on any atom is -0.338 e. The van der Waals surface area contributed by atoms with Crippen molar-refractivity contribution in [2.24, 2.45) is 18.9 Å². The molecule has 3 aromatic rings. The van der Waals surface area contributed by atoms with Gasteiger partial charge in [-0.05, 0) is 36.7 Å². The zero-order valence-electron chi connectivity index (χ0n) is 15.9. The molecule has 0 N–H and O–H groups in total. The molecule has 6 nitrogen and oxygen atoms in total. The SMILES string of the molecule is CN1C[C@H]2CN(C(=O)c3ccnc4c3ncn4C)C[C@H]2[C@@H]1c1cccc(F)c1. The van der Waals surface area contributed by atoms with Gasteiger partial charge in [-0.2, -0.15) is 0 Å². The van der Waals surface area contributed by atoms with Crippen LogP contribution in [0, 0.1) is 17.7 Å². The van der Waals surface area contributed by atoms with E-state index in [1.165, 1.54) is 6.07 Å². The number of hydrogen-bond acceptors (Lipinski definition) is 4. The summed E-state index contributed by atoms with van der Waals surface area (Å²) in [4.78, 5) is 26.2. The van der Waals surface area contributed by atoms with Crippen LogP contribution in [-0.2, 0) is 7.05 Å². The molecule has 144 valence electrons. The van der Waals surface area contributed by atoms with E-state index in [1.807, 2.05) is 22.6 Å². The number of carbonyl (C=O) groups excluding carboxylic acids is 1. The molecule has 2 saturated heterocycles. The first-order valence-corrected chi connectivity index (χ1v) is 9.54. The molecule has 0 unspecified atom stereocenters. The summed E-state index contributed by atoms with van der Waals surface area (Å²) in [6.07, 6.45) is 3.35. The van der Waals surface area contributed by atoms with Crippen molar-refractivity contribution in [3.05, 3.63) is 59.8 Å². The van der Waals surface area contributed by atoms with Gasteiger partial charge in [0.25, 0.3) is 5.91 Å². The molecule has 2 aliphatic heterocycles. The van der Waals surface area contributed by atoms with Gasteiger partial charge in [0, 0.05) is 44.8 Å². The number of imidazole rings is 1. The molecule has 0 spiro atoms. The third-order valence-corrected chi connectivity index (χ3v) is 6.20. The maximum atomic E-state index is 13.8. The number of carbonyl (C=O) groups is 1.